The molecule has 18 heavy (non-hydrogen) atoms. The number of benzene rings is 1. The van der Waals surface area contributed by atoms with Crippen LogP contribution in [0.2, 0.25) is 0 Å². The van der Waals surface area contributed by atoms with Gasteiger partial charge in [-0.05, 0) is 49.4 Å². The zero-order valence-corrected chi connectivity index (χ0v) is 10.9. The van der Waals surface area contributed by atoms with Gasteiger partial charge in [-0.1, -0.05) is 19.4 Å². The molecule has 1 fully saturated rings. The predicted octanol–water partition coefficient (Wildman–Crippen LogP) is 4.23. The smallest absolute Gasteiger partial charge is 0.0703 e. The Balaban J connectivity index is 1.75. The number of pyridine rings is 1. The SMILES string of the molecule is CCC1CCC(Nc2ccc3ncccc3c2)C1. The number of anilines is 1. The second-order valence-corrected chi connectivity index (χ2v) is 5.34. The van der Waals surface area contributed by atoms with Crippen molar-refractivity contribution < 1.29 is 0 Å². The Kier molecular flexibility index (Phi) is 3.18. The molecule has 0 amide bonds. The largest absolute Gasteiger partial charge is 0.382 e. The molecular formula is C16H20N2. The maximum atomic E-state index is 4.35. The molecule has 1 aromatic carbocycles. The number of nitrogens with zero attached hydrogens (tertiary/aromatic N) is 1. The van der Waals surface area contributed by atoms with Crippen LogP contribution in [-0.2, 0) is 0 Å². The number of rotatable bonds is 3. The Morgan fingerprint density at radius 3 is 3.06 bits per heavy atom. The van der Waals surface area contributed by atoms with Crippen LogP contribution in [-0.4, -0.2) is 11.0 Å². The maximum Gasteiger partial charge on any atom is 0.0703 e. The molecule has 1 heterocycles. The number of fused-ring (bicyclic) bond motifs is 1. The highest BCUT2D eigenvalue weighted by Gasteiger charge is 2.22. The van der Waals surface area contributed by atoms with Gasteiger partial charge in [0.05, 0.1) is 5.52 Å². The van der Waals surface area contributed by atoms with E-state index in [1.54, 1.807) is 0 Å². The standard InChI is InChI=1S/C16H20N2/c1-2-12-5-6-14(10-12)18-15-7-8-16-13(11-15)4-3-9-17-16/h3-4,7-9,11-12,14,18H,2,5-6,10H2,1H3. The van der Waals surface area contributed by atoms with E-state index in [1.165, 1.54) is 36.8 Å². The zero-order chi connectivity index (χ0) is 12.4. The van der Waals surface area contributed by atoms with Crippen LogP contribution in [0.15, 0.2) is 36.5 Å². The van der Waals surface area contributed by atoms with Gasteiger partial charge in [-0.15, -0.1) is 0 Å². The Bertz CT molecular complexity index is 535. The van der Waals surface area contributed by atoms with Gasteiger partial charge in [-0.2, -0.15) is 0 Å². The number of nitrogens with one attached hydrogen (secondary N) is 1. The van der Waals surface area contributed by atoms with Gasteiger partial charge >= 0.3 is 0 Å². The Hall–Kier alpha value is -1.57. The van der Waals surface area contributed by atoms with E-state index < -0.39 is 0 Å². The topological polar surface area (TPSA) is 24.9 Å². The van der Waals surface area contributed by atoms with Gasteiger partial charge in [0.2, 0.25) is 0 Å². The van der Waals surface area contributed by atoms with Crippen LogP contribution in [0.25, 0.3) is 10.9 Å². The molecule has 1 aliphatic carbocycles. The van der Waals surface area contributed by atoms with Crippen molar-refractivity contribution in [2.45, 2.75) is 38.6 Å². The van der Waals surface area contributed by atoms with E-state index in [2.05, 4.69) is 41.5 Å². The van der Waals surface area contributed by atoms with Gasteiger partial charge in [0.15, 0.2) is 0 Å². The first kappa shape index (κ1) is 11.5. The molecule has 2 atom stereocenters. The van der Waals surface area contributed by atoms with Crippen molar-refractivity contribution in [3.8, 4) is 0 Å². The maximum absolute atomic E-state index is 4.35. The molecule has 2 heteroatoms. The van der Waals surface area contributed by atoms with Gasteiger partial charge in [0.1, 0.15) is 0 Å². The molecule has 1 aromatic heterocycles. The molecule has 94 valence electrons. The molecule has 1 saturated carbocycles. The lowest BCUT2D eigenvalue weighted by Crippen LogP contribution is -2.15. The fourth-order valence-corrected chi connectivity index (χ4v) is 2.98. The number of aromatic nitrogens is 1. The van der Waals surface area contributed by atoms with Crippen molar-refractivity contribution in [2.75, 3.05) is 5.32 Å². The van der Waals surface area contributed by atoms with Crippen LogP contribution in [0.4, 0.5) is 5.69 Å². The Morgan fingerprint density at radius 2 is 2.22 bits per heavy atom. The summed E-state index contributed by atoms with van der Waals surface area (Å²) in [6.45, 7) is 2.30. The zero-order valence-electron chi connectivity index (χ0n) is 10.9. The van der Waals surface area contributed by atoms with Crippen LogP contribution in [0.3, 0.4) is 0 Å². The summed E-state index contributed by atoms with van der Waals surface area (Å²) in [7, 11) is 0. The molecule has 1 aliphatic rings. The van der Waals surface area contributed by atoms with E-state index >= 15 is 0 Å². The minimum atomic E-state index is 0.657. The van der Waals surface area contributed by atoms with Crippen molar-refractivity contribution in [1.82, 2.24) is 4.98 Å². The molecular weight excluding hydrogens is 220 g/mol. The fraction of sp³-hybridized carbons (Fsp3) is 0.438. The van der Waals surface area contributed by atoms with E-state index in [9.17, 15) is 0 Å². The summed E-state index contributed by atoms with van der Waals surface area (Å²) in [6.07, 6.45) is 7.17. The van der Waals surface area contributed by atoms with Crippen molar-refractivity contribution in [3.05, 3.63) is 36.5 Å². The first-order valence-electron chi connectivity index (χ1n) is 6.96. The van der Waals surface area contributed by atoms with Crippen LogP contribution >= 0.6 is 0 Å². The molecule has 3 rings (SSSR count). The van der Waals surface area contributed by atoms with E-state index in [1.807, 2.05) is 12.3 Å². The van der Waals surface area contributed by atoms with Crippen molar-refractivity contribution in [3.63, 3.8) is 0 Å². The van der Waals surface area contributed by atoms with E-state index in [4.69, 9.17) is 0 Å². The summed E-state index contributed by atoms with van der Waals surface area (Å²) >= 11 is 0. The Morgan fingerprint density at radius 1 is 1.28 bits per heavy atom. The van der Waals surface area contributed by atoms with Gasteiger partial charge in [-0.25, -0.2) is 0 Å². The average molecular weight is 240 g/mol. The number of hydrogen-bond acceptors (Lipinski definition) is 2. The lowest BCUT2D eigenvalue weighted by Gasteiger charge is -2.14. The van der Waals surface area contributed by atoms with Gasteiger partial charge < -0.3 is 5.32 Å². The van der Waals surface area contributed by atoms with Gasteiger partial charge in [0.25, 0.3) is 0 Å². The molecule has 0 aliphatic heterocycles. The normalized spacial score (nSPS) is 23.4. The fourth-order valence-electron chi connectivity index (χ4n) is 2.98. The third-order valence-electron chi connectivity index (χ3n) is 4.09. The summed E-state index contributed by atoms with van der Waals surface area (Å²) in [5.41, 5.74) is 2.30. The van der Waals surface area contributed by atoms with Crippen molar-refractivity contribution in [2.24, 2.45) is 5.92 Å². The van der Waals surface area contributed by atoms with E-state index in [0.29, 0.717) is 6.04 Å². The minimum Gasteiger partial charge on any atom is -0.382 e. The first-order chi connectivity index (χ1) is 8.85. The molecule has 0 saturated heterocycles. The van der Waals surface area contributed by atoms with Crippen LogP contribution in [0, 0.1) is 5.92 Å². The second-order valence-electron chi connectivity index (χ2n) is 5.34. The molecule has 1 N–H and O–H groups in total. The summed E-state index contributed by atoms with van der Waals surface area (Å²) in [5, 5.41) is 4.88. The molecule has 0 spiro atoms. The molecule has 2 unspecified atom stereocenters. The number of hydrogen-bond donors (Lipinski definition) is 1. The van der Waals surface area contributed by atoms with Crippen molar-refractivity contribution in [1.29, 1.82) is 0 Å². The quantitative estimate of drug-likeness (QED) is 0.868. The molecule has 2 aromatic rings. The lowest BCUT2D eigenvalue weighted by molar-refractivity contribution is 0.525. The van der Waals surface area contributed by atoms with Crippen molar-refractivity contribution >= 4 is 16.6 Å². The minimum absolute atomic E-state index is 0.657. The van der Waals surface area contributed by atoms with Gasteiger partial charge in [0, 0.05) is 23.3 Å². The van der Waals surface area contributed by atoms with E-state index in [0.717, 1.165) is 11.4 Å². The summed E-state index contributed by atoms with van der Waals surface area (Å²) < 4.78 is 0. The molecule has 0 bridgehead atoms. The van der Waals surface area contributed by atoms with E-state index in [-0.39, 0.29) is 0 Å². The average Bonchev–Trinajstić information content (AvgIpc) is 2.86. The third kappa shape index (κ3) is 2.33. The van der Waals surface area contributed by atoms with Gasteiger partial charge in [-0.3, -0.25) is 4.98 Å². The summed E-state index contributed by atoms with van der Waals surface area (Å²) in [6, 6.07) is 11.2. The molecule has 0 radical (unpaired) electrons. The first-order valence-corrected chi connectivity index (χ1v) is 6.96. The summed E-state index contributed by atoms with van der Waals surface area (Å²) in [5.74, 6) is 0.921. The third-order valence-corrected chi connectivity index (χ3v) is 4.09. The highest BCUT2D eigenvalue weighted by atomic mass is 14.9. The monoisotopic (exact) mass is 240 g/mol. The van der Waals surface area contributed by atoms with Crippen LogP contribution in [0.5, 0.6) is 0 Å². The lowest BCUT2D eigenvalue weighted by atomic mass is 10.1. The highest BCUT2D eigenvalue weighted by molar-refractivity contribution is 5.82. The predicted molar refractivity (Wildman–Crippen MR) is 76.8 cm³/mol. The molecule has 2 nitrogen and oxygen atoms in total. The Labute approximate surface area is 108 Å². The highest BCUT2D eigenvalue weighted by Crippen LogP contribution is 2.30. The second kappa shape index (κ2) is 4.97. The van der Waals surface area contributed by atoms with Crippen LogP contribution < -0.4 is 5.32 Å². The van der Waals surface area contributed by atoms with Crippen LogP contribution in [0.1, 0.15) is 32.6 Å². The summed E-state index contributed by atoms with van der Waals surface area (Å²) in [4.78, 5) is 4.35.